The Balaban J connectivity index is 1.83. The lowest BCUT2D eigenvalue weighted by atomic mass is 10.1. The number of carboxylic acids is 7. The van der Waals surface area contributed by atoms with Gasteiger partial charge in [0, 0.05) is 56.3 Å². The third-order valence-corrected chi connectivity index (χ3v) is 10.9. The number of nitrogens with two attached hydrogens (primary N) is 2. The monoisotopic (exact) mass is 1080 g/mol. The van der Waals surface area contributed by atoms with Crippen LogP contribution in [0.1, 0.15) is 99.4 Å². The maximum absolute atomic E-state index is 12.9. The van der Waals surface area contributed by atoms with Crippen LogP contribution in [0.25, 0.3) is 0 Å². The zero-order valence-corrected chi connectivity index (χ0v) is 40.3. The molecular weight excluding hydrogens is 1020 g/mol. The zero-order valence-electron chi connectivity index (χ0n) is 40.3. The van der Waals surface area contributed by atoms with E-state index in [1.807, 2.05) is 5.32 Å². The minimum atomic E-state index is -1.78. The molecule has 1 heterocycles. The summed E-state index contributed by atoms with van der Waals surface area (Å²) in [7, 11) is 0. The second kappa shape index (κ2) is 31.3. The van der Waals surface area contributed by atoms with Crippen molar-refractivity contribution in [1.82, 2.24) is 41.9 Å². The number of aromatic amines is 1. The molecule has 0 aliphatic rings. The van der Waals surface area contributed by atoms with E-state index in [0.717, 1.165) is 0 Å². The molecule has 1 aromatic heterocycles. The highest BCUT2D eigenvalue weighted by Gasteiger charge is 2.29. The number of hydrogen-bond donors (Lipinski definition) is 17. The van der Waals surface area contributed by atoms with Gasteiger partial charge in [-0.1, -0.05) is 0 Å². The largest absolute Gasteiger partial charge is 0.481 e. The Hall–Kier alpha value is -9.39. The average Bonchev–Trinajstić information content (AvgIpc) is 3.33. The van der Waals surface area contributed by atoms with Crippen molar-refractivity contribution in [2.75, 3.05) is 23.3 Å². The molecule has 0 aliphatic carbocycles. The van der Waals surface area contributed by atoms with Crippen LogP contribution in [-0.4, -0.2) is 166 Å². The predicted molar refractivity (Wildman–Crippen MR) is 257 cm³/mol. The summed E-state index contributed by atoms with van der Waals surface area (Å²) in [6.45, 7) is 0.390. The molecule has 2 rings (SSSR count). The van der Waals surface area contributed by atoms with Crippen molar-refractivity contribution in [2.45, 2.75) is 126 Å². The van der Waals surface area contributed by atoms with Gasteiger partial charge in [0.2, 0.25) is 35.5 Å². The number of H-pyrrole nitrogens is 1. The third kappa shape index (κ3) is 23.4. The fourth-order valence-corrected chi connectivity index (χ4v) is 6.78. The summed E-state index contributed by atoms with van der Waals surface area (Å²) < 4.78 is 0. The SMILES string of the molecule is Nc1nc(N)c(CCCNc2ccc(C(=O)N[C@@H](CCC(=O)N[C@@H](CCC(=O)N[C@@H](CCC(=O)N[C@@H](CCC(=O)N[C@@H](CCC(=O)N[C@@H](CCC(=O)O)C(=O)O)C(=O)O)C(=O)O)C(=O)O)C(=O)O)C(=O)O)cc2)c(=O)[nH]1. The summed E-state index contributed by atoms with van der Waals surface area (Å²) in [4.78, 5) is 175. The Morgan fingerprint density at radius 3 is 1.09 bits per heavy atom. The van der Waals surface area contributed by atoms with Crippen LogP contribution >= 0.6 is 0 Å². The number of rotatable bonds is 36. The standard InChI is InChI=1S/C44H59N11O21/c45-35-22(37(64)55-44(46)54-35)2-1-19-47-21-5-3-20(4-6-21)36(63)53-28(43(75)76)11-17-33(60)51-26(41(71)72)9-15-31(58)49-24(39(67)68)7-13-29(56)48-23(38(65)66)8-14-30(57)50-25(40(69)70)10-16-32(59)52-27(42(73)74)12-18-34(61)62/h3-6,23-28,47H,1-2,7-19H2,(H,48,56)(H,49,58)(H,50,57)(H,51,60)(H,52,59)(H,53,63)(H,61,62)(H,65,66)(H,67,68)(H,69,70)(H,71,72)(H,73,74)(H,75,76)(H5,45,46,54,55,64)/t23-,24-,25-,26-,27-,28-/m0/s1. The molecule has 32 heteroatoms. The van der Waals surface area contributed by atoms with Crippen LogP contribution < -0.4 is 54.2 Å². The highest BCUT2D eigenvalue weighted by molar-refractivity contribution is 5.97. The molecule has 6 amide bonds. The molecule has 6 atom stereocenters. The molecule has 0 unspecified atom stereocenters. The van der Waals surface area contributed by atoms with Crippen LogP contribution in [0.4, 0.5) is 17.5 Å². The lowest BCUT2D eigenvalue weighted by molar-refractivity contribution is -0.144. The van der Waals surface area contributed by atoms with E-state index in [4.69, 9.17) is 16.6 Å². The van der Waals surface area contributed by atoms with Crippen molar-refractivity contribution < 1.29 is 98.1 Å². The molecule has 416 valence electrons. The van der Waals surface area contributed by atoms with Crippen LogP contribution in [-0.2, 0) is 64.0 Å². The number of aromatic nitrogens is 2. The van der Waals surface area contributed by atoms with Gasteiger partial charge in [-0.25, -0.2) is 28.8 Å². The molecule has 0 fully saturated rings. The normalized spacial score (nSPS) is 13.1. The van der Waals surface area contributed by atoms with E-state index in [0.29, 0.717) is 18.7 Å². The molecular formula is C44H59N11O21. The summed E-state index contributed by atoms with van der Waals surface area (Å²) in [5.41, 5.74) is 11.7. The molecule has 19 N–H and O–H groups in total. The molecule has 32 nitrogen and oxygen atoms in total. The number of nitrogen functional groups attached to an aromatic ring is 2. The molecule has 0 radical (unpaired) electrons. The number of hydrogen-bond acceptors (Lipinski definition) is 18. The minimum Gasteiger partial charge on any atom is -0.481 e. The smallest absolute Gasteiger partial charge is 0.326 e. The molecule has 0 spiro atoms. The van der Waals surface area contributed by atoms with E-state index in [1.54, 1.807) is 0 Å². The van der Waals surface area contributed by atoms with E-state index in [1.165, 1.54) is 24.3 Å². The van der Waals surface area contributed by atoms with E-state index in [9.17, 15) is 97.8 Å². The first-order chi connectivity index (χ1) is 35.7. The molecule has 0 saturated carbocycles. The van der Waals surface area contributed by atoms with E-state index in [2.05, 4.69) is 41.9 Å². The lowest BCUT2D eigenvalue weighted by Crippen LogP contribution is -2.46. The van der Waals surface area contributed by atoms with Gasteiger partial charge >= 0.3 is 41.8 Å². The summed E-state index contributed by atoms with van der Waals surface area (Å²) in [5.74, 6) is -16.9. The van der Waals surface area contributed by atoms with Crippen molar-refractivity contribution >= 4 is 94.7 Å². The molecule has 1 aromatic carbocycles. The van der Waals surface area contributed by atoms with E-state index in [-0.39, 0.29) is 29.3 Å². The van der Waals surface area contributed by atoms with Crippen molar-refractivity contribution in [3.63, 3.8) is 0 Å². The molecule has 0 aliphatic heterocycles. The van der Waals surface area contributed by atoms with E-state index >= 15 is 0 Å². The Kier molecular flexibility index (Phi) is 25.8. The molecule has 2 aromatic rings. The van der Waals surface area contributed by atoms with Crippen molar-refractivity contribution in [1.29, 1.82) is 0 Å². The van der Waals surface area contributed by atoms with Gasteiger partial charge in [-0.3, -0.25) is 43.3 Å². The van der Waals surface area contributed by atoms with Gasteiger partial charge in [0.25, 0.3) is 11.5 Å². The number of carbonyl (C=O) groups excluding carboxylic acids is 6. The average molecular weight is 1080 g/mol. The lowest BCUT2D eigenvalue weighted by Gasteiger charge is -2.19. The third-order valence-electron chi connectivity index (χ3n) is 10.9. The van der Waals surface area contributed by atoms with Gasteiger partial charge in [0.05, 0.1) is 5.56 Å². The van der Waals surface area contributed by atoms with Crippen LogP contribution in [0, 0.1) is 0 Å². The first kappa shape index (κ1) is 62.7. The van der Waals surface area contributed by atoms with Gasteiger partial charge in [-0.2, -0.15) is 4.98 Å². The molecule has 0 bridgehead atoms. The van der Waals surface area contributed by atoms with Gasteiger partial charge < -0.3 is 84.4 Å². The number of carbonyl (C=O) groups is 13. The van der Waals surface area contributed by atoms with Crippen LogP contribution in [0.15, 0.2) is 29.1 Å². The zero-order chi connectivity index (χ0) is 57.2. The first-order valence-corrected chi connectivity index (χ1v) is 23.0. The second-order valence-corrected chi connectivity index (χ2v) is 16.7. The Morgan fingerprint density at radius 2 is 0.789 bits per heavy atom. The van der Waals surface area contributed by atoms with Crippen LogP contribution in [0.2, 0.25) is 0 Å². The first-order valence-electron chi connectivity index (χ1n) is 23.0. The van der Waals surface area contributed by atoms with Gasteiger partial charge in [-0.15, -0.1) is 0 Å². The minimum absolute atomic E-state index is 0.0124. The predicted octanol–water partition coefficient (Wildman–Crippen LogP) is -3.23. The number of nitrogens with one attached hydrogen (secondary N) is 8. The van der Waals surface area contributed by atoms with Crippen LogP contribution in [0.3, 0.4) is 0 Å². The van der Waals surface area contributed by atoms with Crippen molar-refractivity contribution in [3.05, 3.63) is 45.7 Å². The topological polar surface area (TPSA) is 546 Å². The fourth-order valence-electron chi connectivity index (χ4n) is 6.78. The van der Waals surface area contributed by atoms with Crippen molar-refractivity contribution in [3.8, 4) is 0 Å². The fraction of sp³-hybridized carbons (Fsp3) is 0.477. The summed E-state index contributed by atoms with van der Waals surface area (Å²) in [6.07, 6.45) is -6.53. The summed E-state index contributed by atoms with van der Waals surface area (Å²) >= 11 is 0. The second-order valence-electron chi connectivity index (χ2n) is 16.7. The maximum atomic E-state index is 12.9. The van der Waals surface area contributed by atoms with Gasteiger partial charge in [-0.05, 0) is 75.6 Å². The van der Waals surface area contributed by atoms with Gasteiger partial charge in [0.1, 0.15) is 42.1 Å². The Morgan fingerprint density at radius 1 is 0.474 bits per heavy atom. The number of benzene rings is 1. The number of aliphatic carboxylic acids is 7. The number of carboxylic acid groups (broad SMARTS) is 7. The van der Waals surface area contributed by atoms with Gasteiger partial charge in [0.15, 0.2) is 0 Å². The highest BCUT2D eigenvalue weighted by atomic mass is 16.4. The van der Waals surface area contributed by atoms with Crippen LogP contribution in [0.5, 0.6) is 0 Å². The molecule has 76 heavy (non-hydrogen) atoms. The van der Waals surface area contributed by atoms with Crippen molar-refractivity contribution in [2.24, 2.45) is 0 Å². The molecule has 0 saturated heterocycles. The highest BCUT2D eigenvalue weighted by Crippen LogP contribution is 2.13. The maximum Gasteiger partial charge on any atom is 0.326 e. The van der Waals surface area contributed by atoms with E-state index < -0.39 is 196 Å². The summed E-state index contributed by atoms with van der Waals surface area (Å²) in [5, 5.41) is 81.7. The quantitative estimate of drug-likeness (QED) is 0.0298. The number of amides is 6. The Bertz CT molecular complexity index is 2540. The number of nitrogens with zero attached hydrogens (tertiary/aromatic N) is 1. The Labute approximate surface area is 429 Å². The number of anilines is 3. The summed E-state index contributed by atoms with van der Waals surface area (Å²) in [6, 6.07) is -4.33.